The van der Waals surface area contributed by atoms with Crippen LogP contribution >= 0.6 is 47.0 Å². The molecule has 12 nitrogen and oxygen atoms in total. The van der Waals surface area contributed by atoms with E-state index in [0.717, 1.165) is 65.7 Å². The first-order valence-corrected chi connectivity index (χ1v) is 20.0. The molecule has 0 fully saturated rings. The van der Waals surface area contributed by atoms with Crippen molar-refractivity contribution in [1.29, 1.82) is 0 Å². The van der Waals surface area contributed by atoms with Crippen molar-refractivity contribution in [1.82, 2.24) is 20.0 Å². The monoisotopic (exact) mass is 813 g/mol. The fraction of sp³-hybridized carbons (Fsp3) is 0.886. The zero-order valence-electron chi connectivity index (χ0n) is 30.4. The van der Waals surface area contributed by atoms with E-state index in [9.17, 15) is 19.2 Å². The summed E-state index contributed by atoms with van der Waals surface area (Å²) in [6, 6.07) is 0. The number of carbonyl (C=O) groups is 4. The maximum Gasteiger partial charge on any atom is 0.223 e. The Morgan fingerprint density at radius 3 is 1.39 bits per heavy atom. The quantitative estimate of drug-likeness (QED) is 0.0918. The maximum absolute atomic E-state index is 10.9. The Balaban J connectivity index is -0.0000000642. The van der Waals surface area contributed by atoms with E-state index < -0.39 is 0 Å². The van der Waals surface area contributed by atoms with Gasteiger partial charge >= 0.3 is 0 Å². The van der Waals surface area contributed by atoms with E-state index in [1.54, 1.807) is 42.3 Å². The molecule has 0 aromatic rings. The number of carbonyl (C=O) groups excluding carboxylic acids is 4. The van der Waals surface area contributed by atoms with Crippen LogP contribution in [-0.4, -0.2) is 160 Å². The number of primary amides is 3. The minimum atomic E-state index is -0.378. The molecule has 1 atom stereocenters. The number of nitrogens with zero attached hydrogens (tertiary/aromatic N) is 3. The number of hydrogen-bond donors (Lipinski definition) is 5. The predicted molar refractivity (Wildman–Crippen MR) is 242 cm³/mol. The van der Waals surface area contributed by atoms with E-state index in [0.29, 0.717) is 19.4 Å². The highest BCUT2D eigenvalue weighted by molar-refractivity contribution is 7.99. The fourth-order valence-corrected chi connectivity index (χ4v) is 6.45. The largest absolute Gasteiger partial charge is 0.370 e. The van der Waals surface area contributed by atoms with E-state index in [1.165, 1.54) is 0 Å². The van der Waals surface area contributed by atoms with Crippen LogP contribution in [0.5, 0.6) is 0 Å². The molecule has 0 radical (unpaired) electrons. The number of rotatable bonds is 23. The Morgan fingerprint density at radius 2 is 1.04 bits per heavy atom. The molecule has 51 heavy (non-hydrogen) atoms. The summed E-state index contributed by atoms with van der Waals surface area (Å²) in [6.45, 7) is 9.48. The van der Waals surface area contributed by atoms with Gasteiger partial charge in [0.15, 0.2) is 0 Å². The zero-order valence-corrected chi connectivity index (χ0v) is 33.7. The molecule has 316 valence electrons. The molecular weight excluding hydrogens is 725 g/mol. The molecule has 0 bridgehead atoms. The smallest absolute Gasteiger partial charge is 0.223 e. The predicted octanol–water partition coefficient (Wildman–Crippen LogP) is 4.35. The summed E-state index contributed by atoms with van der Waals surface area (Å²) in [6.07, 6.45) is 1.10. The summed E-state index contributed by atoms with van der Waals surface area (Å²) in [5, 5.41) is 2.60. The highest BCUT2D eigenvalue weighted by Gasteiger charge is 2.24. The number of nitrogens with one attached hydrogen (secondary N) is 1. The van der Waals surface area contributed by atoms with Crippen molar-refractivity contribution < 1.29 is 19.2 Å². The lowest BCUT2D eigenvalue weighted by Crippen LogP contribution is -2.33. The van der Waals surface area contributed by atoms with E-state index in [2.05, 4.69) is 34.1 Å². The number of amides is 4. The first kappa shape index (κ1) is 71.5. The normalized spacial score (nSPS) is 10.3. The highest BCUT2D eigenvalue weighted by atomic mass is 32.2. The van der Waals surface area contributed by atoms with Gasteiger partial charge in [-0.3, -0.25) is 19.2 Å². The number of hydrogen-bond acceptors (Lipinski definition) is 12. The van der Waals surface area contributed by atoms with Gasteiger partial charge in [0.05, 0.1) is 5.41 Å². The van der Waals surface area contributed by atoms with Crippen LogP contribution in [0.25, 0.3) is 0 Å². The first-order valence-electron chi connectivity index (χ1n) is 15.4. The molecule has 1 unspecified atom stereocenters. The summed E-state index contributed by atoms with van der Waals surface area (Å²) < 4.78 is 0. The topological polar surface area (TPSA) is 194 Å². The molecule has 0 aliphatic rings. The second kappa shape index (κ2) is 49.1. The van der Waals surface area contributed by atoms with Crippen molar-refractivity contribution in [3.63, 3.8) is 0 Å². The summed E-state index contributed by atoms with van der Waals surface area (Å²) in [5.41, 5.74) is 20.1. The van der Waals surface area contributed by atoms with Crippen molar-refractivity contribution in [2.24, 2.45) is 34.3 Å². The van der Waals surface area contributed by atoms with Crippen LogP contribution in [0.1, 0.15) is 70.7 Å². The molecule has 4 amide bonds. The van der Waals surface area contributed by atoms with E-state index in [4.69, 9.17) is 22.9 Å². The summed E-state index contributed by atoms with van der Waals surface area (Å²) >= 11 is 7.03. The molecule has 0 heterocycles. The minimum absolute atomic E-state index is 0. The van der Waals surface area contributed by atoms with E-state index in [1.807, 2.05) is 60.7 Å². The fourth-order valence-electron chi connectivity index (χ4n) is 2.23. The van der Waals surface area contributed by atoms with Crippen LogP contribution in [0, 0.1) is 11.3 Å². The van der Waals surface area contributed by atoms with Gasteiger partial charge in [0.25, 0.3) is 0 Å². The summed E-state index contributed by atoms with van der Waals surface area (Å²) in [5.74, 6) is 6.95. The van der Waals surface area contributed by atoms with Crippen LogP contribution in [0.15, 0.2) is 0 Å². The molecule has 9 N–H and O–H groups in total. The molecule has 0 saturated heterocycles. The van der Waals surface area contributed by atoms with Crippen LogP contribution in [0.4, 0.5) is 0 Å². The van der Waals surface area contributed by atoms with Gasteiger partial charge in [-0.2, -0.15) is 47.0 Å². The van der Waals surface area contributed by atoms with Crippen molar-refractivity contribution >= 4 is 70.7 Å². The second-order valence-electron chi connectivity index (χ2n) is 11.7. The third-order valence-electron chi connectivity index (χ3n) is 5.54. The van der Waals surface area contributed by atoms with Crippen LogP contribution in [0.2, 0.25) is 0 Å². The van der Waals surface area contributed by atoms with Gasteiger partial charge in [-0.25, -0.2) is 0 Å². The minimum Gasteiger partial charge on any atom is -0.370 e. The van der Waals surface area contributed by atoms with E-state index in [-0.39, 0.29) is 72.1 Å². The number of nitrogens with two attached hydrogens (primary N) is 4. The zero-order chi connectivity index (χ0) is 36.6. The Labute approximate surface area is 335 Å². The Kier molecular flexibility index (Phi) is 68.9. The first-order chi connectivity index (χ1) is 21.3. The SMILES string of the molecule is C.C.C.C.C.CC(CSCCN(C)C)C(N)=O.CN(C)CCSCC(C)(C)C(N)=O.CNC(=O)CCSCCN(C)C.NCCSCCC(N)=O. The average Bonchev–Trinajstić information content (AvgIpc) is 2.95. The summed E-state index contributed by atoms with van der Waals surface area (Å²) in [4.78, 5) is 48.9. The molecule has 0 spiro atoms. The highest BCUT2D eigenvalue weighted by Crippen LogP contribution is 2.20. The van der Waals surface area contributed by atoms with Crippen LogP contribution in [-0.2, 0) is 19.2 Å². The lowest BCUT2D eigenvalue weighted by atomic mass is 9.96. The standard InChI is InChI=1S/C9H20N2OS.2C8H18N2OS.C5H12N2OS.5CH4/c1-9(2,8(10)12)7-13-6-5-11(3)4;1-9-8(11)4-6-12-7-5-10(2)3;1-7(8(9)11)6-12-5-4-10(2)3;6-2-4-9-3-1-5(7)8;;;;;/h5-7H2,1-4H3,(H2,10,12);4-7H2,1-3H3,(H,9,11);7H,4-6H2,1-3H3,(H2,9,11);1-4,6H2,(H2,7,8);5*1H4. The van der Waals surface area contributed by atoms with Crippen LogP contribution < -0.4 is 28.3 Å². The van der Waals surface area contributed by atoms with E-state index >= 15 is 0 Å². The second-order valence-corrected chi connectivity index (χ2v) is 16.4. The summed E-state index contributed by atoms with van der Waals surface area (Å²) in [7, 11) is 13.9. The van der Waals surface area contributed by atoms with Gasteiger partial charge in [0, 0.05) is 98.0 Å². The molecule has 16 heteroatoms. The van der Waals surface area contributed by atoms with Gasteiger partial charge in [0.2, 0.25) is 23.6 Å². The Morgan fingerprint density at radius 1 is 0.647 bits per heavy atom. The number of thioether (sulfide) groups is 4. The maximum atomic E-state index is 10.9. The third-order valence-corrected chi connectivity index (χ3v) is 10.1. The van der Waals surface area contributed by atoms with Crippen LogP contribution in [0.3, 0.4) is 0 Å². The molecule has 0 aliphatic carbocycles. The van der Waals surface area contributed by atoms with Gasteiger partial charge in [-0.1, -0.05) is 57.9 Å². The third kappa shape index (κ3) is 67.8. The molecule has 0 saturated carbocycles. The Hall–Kier alpha value is -0.880. The van der Waals surface area contributed by atoms with Gasteiger partial charge in [-0.05, 0) is 42.3 Å². The van der Waals surface area contributed by atoms with Crippen molar-refractivity contribution in [3.05, 3.63) is 0 Å². The molecule has 0 rings (SSSR count). The molecular formula is C35H88N8O4S4. The molecule has 0 aromatic heterocycles. The molecule has 0 aliphatic heterocycles. The average molecular weight is 813 g/mol. The van der Waals surface area contributed by atoms with Gasteiger partial charge < -0.3 is 43.0 Å². The lowest BCUT2D eigenvalue weighted by Gasteiger charge is -2.20. The van der Waals surface area contributed by atoms with Crippen molar-refractivity contribution in [2.75, 3.05) is 122 Å². The van der Waals surface area contributed by atoms with Gasteiger partial charge in [-0.15, -0.1) is 0 Å². The Bertz CT molecular complexity index is 765. The lowest BCUT2D eigenvalue weighted by molar-refractivity contribution is -0.125. The van der Waals surface area contributed by atoms with Crippen molar-refractivity contribution in [3.8, 4) is 0 Å². The van der Waals surface area contributed by atoms with Gasteiger partial charge in [0.1, 0.15) is 0 Å². The molecule has 0 aromatic carbocycles. The van der Waals surface area contributed by atoms with Crippen molar-refractivity contribution in [2.45, 2.75) is 70.7 Å².